The van der Waals surface area contributed by atoms with Gasteiger partial charge in [-0.05, 0) is 49.2 Å². The third-order valence-corrected chi connectivity index (χ3v) is 5.97. The lowest BCUT2D eigenvalue weighted by Crippen LogP contribution is -2.42. The number of carbonyl (C=O) groups is 1. The highest BCUT2D eigenvalue weighted by Gasteiger charge is 2.26. The van der Waals surface area contributed by atoms with Crippen LogP contribution in [-0.4, -0.2) is 47.6 Å². The first-order valence-corrected chi connectivity index (χ1v) is 11.1. The molecule has 6 nitrogen and oxygen atoms in total. The van der Waals surface area contributed by atoms with Crippen molar-refractivity contribution in [2.24, 2.45) is 0 Å². The Morgan fingerprint density at radius 1 is 1.00 bits per heavy atom. The second kappa shape index (κ2) is 9.77. The van der Waals surface area contributed by atoms with Crippen LogP contribution in [0.2, 0.25) is 0 Å². The Labute approximate surface area is 183 Å². The predicted molar refractivity (Wildman–Crippen MR) is 122 cm³/mol. The molecule has 6 heteroatoms. The monoisotopic (exact) mass is 418 g/mol. The number of anilines is 1. The van der Waals surface area contributed by atoms with Crippen molar-refractivity contribution in [3.63, 3.8) is 0 Å². The smallest absolute Gasteiger partial charge is 0.254 e. The first-order valence-electron chi connectivity index (χ1n) is 11.1. The zero-order chi connectivity index (χ0) is 21.6. The lowest BCUT2D eigenvalue weighted by atomic mass is 9.93. The highest BCUT2D eigenvalue weighted by Crippen LogP contribution is 2.25. The van der Waals surface area contributed by atoms with Gasteiger partial charge in [0.05, 0.1) is 0 Å². The van der Waals surface area contributed by atoms with Crippen molar-refractivity contribution >= 4 is 11.6 Å². The molecule has 0 N–H and O–H groups in total. The molecule has 1 amide bonds. The molecule has 1 heterocycles. The van der Waals surface area contributed by atoms with Crippen LogP contribution in [-0.2, 0) is 6.42 Å². The first-order chi connectivity index (χ1) is 15.1. The standard InChI is InChI=1S/C25H30N4O2/c1-28(2)21-15-13-19(14-16-21)24-26-23(31-27-24)17-18-29(22-11-7-4-8-12-22)25(30)20-9-5-3-6-10-20/h3,5-6,9-10,13-16,22H,4,7-8,11-12,17-18H2,1-2H3. The Morgan fingerprint density at radius 3 is 2.39 bits per heavy atom. The summed E-state index contributed by atoms with van der Waals surface area (Å²) < 4.78 is 5.51. The van der Waals surface area contributed by atoms with E-state index < -0.39 is 0 Å². The van der Waals surface area contributed by atoms with E-state index in [4.69, 9.17) is 4.52 Å². The van der Waals surface area contributed by atoms with E-state index in [9.17, 15) is 4.79 Å². The molecule has 2 aromatic carbocycles. The molecule has 0 atom stereocenters. The molecule has 0 bridgehead atoms. The predicted octanol–water partition coefficient (Wildman–Crippen LogP) is 4.82. The van der Waals surface area contributed by atoms with Crippen molar-refractivity contribution in [2.75, 3.05) is 25.5 Å². The highest BCUT2D eigenvalue weighted by molar-refractivity contribution is 5.94. The van der Waals surface area contributed by atoms with E-state index in [1.807, 2.05) is 73.6 Å². The van der Waals surface area contributed by atoms with Crippen LogP contribution in [0, 0.1) is 0 Å². The van der Waals surface area contributed by atoms with Gasteiger partial charge in [0.1, 0.15) is 0 Å². The van der Waals surface area contributed by atoms with Gasteiger partial charge in [0, 0.05) is 49.9 Å². The maximum absolute atomic E-state index is 13.2. The van der Waals surface area contributed by atoms with Gasteiger partial charge in [-0.1, -0.05) is 42.6 Å². The van der Waals surface area contributed by atoms with Gasteiger partial charge in [-0.2, -0.15) is 4.98 Å². The normalized spacial score (nSPS) is 14.4. The SMILES string of the molecule is CN(C)c1ccc(-c2noc(CCN(C(=O)c3ccccc3)C3CCCCC3)n2)cc1. The van der Waals surface area contributed by atoms with Gasteiger partial charge in [-0.25, -0.2) is 0 Å². The molecular formula is C25H30N4O2. The van der Waals surface area contributed by atoms with Crippen molar-refractivity contribution < 1.29 is 9.32 Å². The number of carbonyl (C=O) groups excluding carboxylic acids is 1. The third kappa shape index (κ3) is 5.13. The van der Waals surface area contributed by atoms with Gasteiger partial charge in [0.25, 0.3) is 5.91 Å². The van der Waals surface area contributed by atoms with Crippen LogP contribution in [0.4, 0.5) is 5.69 Å². The molecule has 0 saturated heterocycles. The van der Waals surface area contributed by atoms with Gasteiger partial charge in [-0.3, -0.25) is 4.79 Å². The Kier molecular flexibility index (Phi) is 6.65. The molecule has 1 saturated carbocycles. The molecule has 1 fully saturated rings. The van der Waals surface area contributed by atoms with Gasteiger partial charge in [-0.15, -0.1) is 0 Å². The number of amides is 1. The topological polar surface area (TPSA) is 62.5 Å². The Hall–Kier alpha value is -3.15. The minimum Gasteiger partial charge on any atom is -0.378 e. The molecule has 0 unspecified atom stereocenters. The average Bonchev–Trinajstić information content (AvgIpc) is 3.29. The van der Waals surface area contributed by atoms with Gasteiger partial charge in [0.2, 0.25) is 11.7 Å². The van der Waals surface area contributed by atoms with Crippen molar-refractivity contribution in [1.29, 1.82) is 0 Å². The van der Waals surface area contributed by atoms with Crippen molar-refractivity contribution in [3.8, 4) is 11.4 Å². The lowest BCUT2D eigenvalue weighted by molar-refractivity contribution is 0.0632. The summed E-state index contributed by atoms with van der Waals surface area (Å²) in [6, 6.07) is 17.9. The minimum atomic E-state index is 0.0894. The highest BCUT2D eigenvalue weighted by atomic mass is 16.5. The largest absolute Gasteiger partial charge is 0.378 e. The van der Waals surface area contributed by atoms with E-state index in [1.165, 1.54) is 19.3 Å². The van der Waals surface area contributed by atoms with Gasteiger partial charge in [0.15, 0.2) is 0 Å². The third-order valence-electron chi connectivity index (χ3n) is 5.97. The van der Waals surface area contributed by atoms with Crippen LogP contribution in [0.15, 0.2) is 59.1 Å². The molecule has 0 spiro atoms. The van der Waals surface area contributed by atoms with Crippen LogP contribution < -0.4 is 4.90 Å². The molecule has 0 radical (unpaired) electrons. The average molecular weight is 419 g/mol. The number of aromatic nitrogens is 2. The number of hydrogen-bond donors (Lipinski definition) is 0. The molecule has 1 aromatic heterocycles. The zero-order valence-corrected chi connectivity index (χ0v) is 18.3. The summed E-state index contributed by atoms with van der Waals surface area (Å²) in [7, 11) is 4.02. The number of rotatable bonds is 7. The summed E-state index contributed by atoms with van der Waals surface area (Å²) in [4.78, 5) is 21.9. The fraction of sp³-hybridized carbons (Fsp3) is 0.400. The molecule has 31 heavy (non-hydrogen) atoms. The van der Waals surface area contributed by atoms with Crippen LogP contribution in [0.3, 0.4) is 0 Å². The van der Waals surface area contributed by atoms with Gasteiger partial charge < -0.3 is 14.3 Å². The maximum Gasteiger partial charge on any atom is 0.254 e. The Balaban J connectivity index is 1.46. The second-order valence-corrected chi connectivity index (χ2v) is 8.36. The van der Waals surface area contributed by atoms with Crippen molar-refractivity contribution in [1.82, 2.24) is 15.0 Å². The molecule has 4 rings (SSSR count). The lowest BCUT2D eigenvalue weighted by Gasteiger charge is -2.34. The summed E-state index contributed by atoms with van der Waals surface area (Å²) in [6.07, 6.45) is 6.28. The molecule has 3 aromatic rings. The molecule has 1 aliphatic rings. The van der Waals surface area contributed by atoms with Gasteiger partial charge >= 0.3 is 0 Å². The van der Waals surface area contributed by atoms with E-state index in [2.05, 4.69) is 15.0 Å². The Morgan fingerprint density at radius 2 is 1.71 bits per heavy atom. The molecule has 1 aliphatic carbocycles. The van der Waals surface area contributed by atoms with Crippen LogP contribution in [0.25, 0.3) is 11.4 Å². The molecule has 162 valence electrons. The van der Waals surface area contributed by atoms with Crippen molar-refractivity contribution in [2.45, 2.75) is 44.6 Å². The van der Waals surface area contributed by atoms with E-state index in [0.717, 1.165) is 29.7 Å². The summed E-state index contributed by atoms with van der Waals surface area (Å²) in [5.41, 5.74) is 2.78. The minimum absolute atomic E-state index is 0.0894. The quantitative estimate of drug-likeness (QED) is 0.550. The summed E-state index contributed by atoms with van der Waals surface area (Å²) in [6.45, 7) is 0.583. The van der Waals surface area contributed by atoms with Crippen LogP contribution in [0.1, 0.15) is 48.4 Å². The van der Waals surface area contributed by atoms with Crippen molar-refractivity contribution in [3.05, 3.63) is 66.1 Å². The fourth-order valence-corrected chi connectivity index (χ4v) is 4.19. The number of hydrogen-bond acceptors (Lipinski definition) is 5. The van der Waals surface area contributed by atoms with E-state index in [-0.39, 0.29) is 11.9 Å². The summed E-state index contributed by atoms with van der Waals surface area (Å²) >= 11 is 0. The second-order valence-electron chi connectivity index (χ2n) is 8.36. The molecule has 0 aliphatic heterocycles. The summed E-state index contributed by atoms with van der Waals surface area (Å²) in [5.74, 6) is 1.23. The fourth-order valence-electron chi connectivity index (χ4n) is 4.19. The Bertz CT molecular complexity index is 976. The van der Waals surface area contributed by atoms with Crippen LogP contribution in [0.5, 0.6) is 0 Å². The van der Waals surface area contributed by atoms with Crippen LogP contribution >= 0.6 is 0 Å². The van der Waals surface area contributed by atoms with E-state index >= 15 is 0 Å². The maximum atomic E-state index is 13.2. The molecular weight excluding hydrogens is 388 g/mol. The number of nitrogens with zero attached hydrogens (tertiary/aromatic N) is 4. The first kappa shape index (κ1) is 21.1. The number of benzene rings is 2. The van der Waals surface area contributed by atoms with E-state index in [1.54, 1.807) is 0 Å². The summed E-state index contributed by atoms with van der Waals surface area (Å²) in [5, 5.41) is 4.15. The zero-order valence-electron chi connectivity index (χ0n) is 18.3. The van der Waals surface area contributed by atoms with E-state index in [0.29, 0.717) is 24.7 Å².